The van der Waals surface area contributed by atoms with E-state index in [0.717, 1.165) is 77.0 Å². The Kier molecular flexibility index (Phi) is 38.9. The van der Waals surface area contributed by atoms with Gasteiger partial charge < -0.3 is 39.4 Å². The van der Waals surface area contributed by atoms with Crippen LogP contribution in [-0.2, 0) is 23.7 Å². The molecular formula is C51H88O9. The molecule has 6 atom stereocenters. The van der Waals surface area contributed by atoms with Crippen LogP contribution < -0.4 is 0 Å². The lowest BCUT2D eigenvalue weighted by atomic mass is 9.99. The minimum Gasteiger partial charge on any atom is -0.457 e. The number of carbonyl (C=O) groups is 1. The predicted octanol–water partition coefficient (Wildman–Crippen LogP) is 11.3. The molecule has 9 heteroatoms. The average molecular weight is 845 g/mol. The molecule has 1 fully saturated rings. The number of aliphatic hydroxyl groups excluding tert-OH is 4. The summed E-state index contributed by atoms with van der Waals surface area (Å²) >= 11 is 0. The van der Waals surface area contributed by atoms with Gasteiger partial charge in [0.2, 0.25) is 0 Å². The van der Waals surface area contributed by atoms with Crippen LogP contribution >= 0.6 is 0 Å². The van der Waals surface area contributed by atoms with Gasteiger partial charge in [0.15, 0.2) is 6.29 Å². The van der Waals surface area contributed by atoms with Crippen molar-refractivity contribution in [1.82, 2.24) is 0 Å². The van der Waals surface area contributed by atoms with Gasteiger partial charge in [-0.05, 0) is 83.5 Å². The number of allylic oxidation sites excluding steroid dienone is 12. The first-order valence-electron chi connectivity index (χ1n) is 24.0. The number of aliphatic hydroxyl groups is 4. The number of hydrogen-bond acceptors (Lipinski definition) is 9. The van der Waals surface area contributed by atoms with Gasteiger partial charge in [-0.2, -0.15) is 0 Å². The standard InChI is InChI=1S/C51H88O9/c1-3-5-7-9-11-13-15-17-19-21-23-24-26-28-30-32-34-36-38-40-47(53)59-45(44-58-51-50(56)49(55)48(54)46(42-52)60-51)43-57-41-39-37-35-33-31-29-27-25-22-20-18-16-14-12-10-8-6-4-2/h6,8,11-14,17-20,25,27,45-46,48-52,54-56H,3-5,7,9-10,15-16,21-24,26,28-44H2,1-2H3/b8-6-,13-11-,14-12-,19-17-,20-18-,27-25-. The van der Waals surface area contributed by atoms with Crippen LogP contribution in [0, 0.1) is 0 Å². The smallest absolute Gasteiger partial charge is 0.306 e. The summed E-state index contributed by atoms with van der Waals surface area (Å²) in [5.74, 6) is -0.327. The number of ether oxygens (including phenoxy) is 4. The van der Waals surface area contributed by atoms with Crippen LogP contribution in [-0.4, -0.2) is 89.6 Å². The highest BCUT2D eigenvalue weighted by molar-refractivity contribution is 5.69. The lowest BCUT2D eigenvalue weighted by Crippen LogP contribution is -2.59. The molecule has 0 aromatic rings. The summed E-state index contributed by atoms with van der Waals surface area (Å²) in [5.41, 5.74) is 0. The Morgan fingerprint density at radius 2 is 1.02 bits per heavy atom. The van der Waals surface area contributed by atoms with Crippen molar-refractivity contribution in [3.63, 3.8) is 0 Å². The summed E-state index contributed by atoms with van der Waals surface area (Å²) in [5, 5.41) is 40.2. The molecule has 1 saturated heterocycles. The zero-order valence-corrected chi connectivity index (χ0v) is 37.9. The monoisotopic (exact) mass is 845 g/mol. The lowest BCUT2D eigenvalue weighted by molar-refractivity contribution is -0.305. The van der Waals surface area contributed by atoms with Crippen molar-refractivity contribution in [3.05, 3.63) is 72.9 Å². The topological polar surface area (TPSA) is 135 Å². The molecule has 4 N–H and O–H groups in total. The summed E-state index contributed by atoms with van der Waals surface area (Å²) in [7, 11) is 0. The minimum absolute atomic E-state index is 0.126. The van der Waals surface area contributed by atoms with E-state index in [9.17, 15) is 25.2 Å². The van der Waals surface area contributed by atoms with E-state index in [1.807, 2.05) is 0 Å². The molecule has 1 aliphatic rings. The van der Waals surface area contributed by atoms with Gasteiger partial charge in [0.05, 0.1) is 19.8 Å². The van der Waals surface area contributed by atoms with Crippen molar-refractivity contribution in [3.8, 4) is 0 Å². The Balaban J connectivity index is 2.26. The molecule has 0 aromatic carbocycles. The molecule has 1 rings (SSSR count). The van der Waals surface area contributed by atoms with Crippen LogP contribution in [0.5, 0.6) is 0 Å². The van der Waals surface area contributed by atoms with Crippen molar-refractivity contribution < 1.29 is 44.2 Å². The summed E-state index contributed by atoms with van der Waals surface area (Å²) in [6.45, 7) is 4.37. The zero-order chi connectivity index (χ0) is 43.6. The first kappa shape index (κ1) is 55.6. The Morgan fingerprint density at radius 3 is 1.53 bits per heavy atom. The fraction of sp³-hybridized carbons (Fsp3) is 0.745. The fourth-order valence-electron chi connectivity index (χ4n) is 6.87. The normalized spacial score (nSPS) is 20.7. The second kappa shape index (κ2) is 42.0. The molecule has 0 amide bonds. The van der Waals surface area contributed by atoms with E-state index in [-0.39, 0.29) is 19.2 Å². The molecular weight excluding hydrogens is 757 g/mol. The van der Waals surface area contributed by atoms with E-state index in [1.54, 1.807) is 0 Å². The van der Waals surface area contributed by atoms with Crippen molar-refractivity contribution in [2.45, 2.75) is 218 Å². The predicted molar refractivity (Wildman–Crippen MR) is 247 cm³/mol. The quantitative estimate of drug-likeness (QED) is 0.0270. The molecule has 346 valence electrons. The van der Waals surface area contributed by atoms with E-state index in [4.69, 9.17) is 18.9 Å². The molecule has 1 aliphatic heterocycles. The molecule has 60 heavy (non-hydrogen) atoms. The number of unbranched alkanes of at least 4 members (excludes halogenated alkanes) is 17. The number of hydrogen-bond donors (Lipinski definition) is 4. The fourth-order valence-corrected chi connectivity index (χ4v) is 6.87. The average Bonchev–Trinajstić information content (AvgIpc) is 3.25. The second-order valence-electron chi connectivity index (χ2n) is 16.2. The first-order valence-corrected chi connectivity index (χ1v) is 24.0. The van der Waals surface area contributed by atoms with Gasteiger partial charge in [0, 0.05) is 13.0 Å². The van der Waals surface area contributed by atoms with Crippen LogP contribution in [0.15, 0.2) is 72.9 Å². The lowest BCUT2D eigenvalue weighted by Gasteiger charge is -2.39. The number of carbonyl (C=O) groups excluding carboxylic acids is 1. The molecule has 6 unspecified atom stereocenters. The molecule has 0 saturated carbocycles. The van der Waals surface area contributed by atoms with Gasteiger partial charge in [-0.1, -0.05) is 164 Å². The highest BCUT2D eigenvalue weighted by atomic mass is 16.7. The Hall–Kier alpha value is -2.37. The first-order chi connectivity index (χ1) is 29.4. The molecule has 0 spiro atoms. The van der Waals surface area contributed by atoms with Gasteiger partial charge in [-0.15, -0.1) is 0 Å². The van der Waals surface area contributed by atoms with Crippen LogP contribution in [0.1, 0.15) is 181 Å². The molecule has 0 radical (unpaired) electrons. The van der Waals surface area contributed by atoms with Gasteiger partial charge in [-0.3, -0.25) is 4.79 Å². The SMILES string of the molecule is CC/C=C\C/C=C\C/C=C\C/C=C\CCCCCCCOCC(COC1OC(CO)C(O)C(O)C1O)OC(=O)CCCCCCCCCCC/C=C\C/C=C\CCCCC. The Labute approximate surface area is 366 Å². The van der Waals surface area contributed by atoms with E-state index in [0.29, 0.717) is 13.0 Å². The van der Waals surface area contributed by atoms with E-state index in [2.05, 4.69) is 86.8 Å². The Morgan fingerprint density at radius 1 is 0.550 bits per heavy atom. The summed E-state index contributed by atoms with van der Waals surface area (Å²) in [6, 6.07) is 0. The third-order valence-electron chi connectivity index (χ3n) is 10.6. The molecule has 9 nitrogen and oxygen atoms in total. The summed E-state index contributed by atoms with van der Waals surface area (Å²) in [6.07, 6.45) is 47.8. The van der Waals surface area contributed by atoms with Crippen LogP contribution in [0.2, 0.25) is 0 Å². The third kappa shape index (κ3) is 32.4. The zero-order valence-electron chi connectivity index (χ0n) is 37.9. The van der Waals surface area contributed by atoms with E-state index < -0.39 is 43.4 Å². The highest BCUT2D eigenvalue weighted by Gasteiger charge is 2.44. The third-order valence-corrected chi connectivity index (χ3v) is 10.6. The molecule has 1 heterocycles. The van der Waals surface area contributed by atoms with Crippen molar-refractivity contribution in [2.24, 2.45) is 0 Å². The maximum absolute atomic E-state index is 12.8. The largest absolute Gasteiger partial charge is 0.457 e. The molecule has 0 bridgehead atoms. The minimum atomic E-state index is -1.54. The van der Waals surface area contributed by atoms with Gasteiger partial charge in [0.25, 0.3) is 0 Å². The number of esters is 1. The van der Waals surface area contributed by atoms with Gasteiger partial charge >= 0.3 is 5.97 Å². The second-order valence-corrected chi connectivity index (χ2v) is 16.2. The van der Waals surface area contributed by atoms with Crippen molar-refractivity contribution >= 4 is 5.97 Å². The molecule has 0 aliphatic carbocycles. The summed E-state index contributed by atoms with van der Waals surface area (Å²) < 4.78 is 22.8. The maximum Gasteiger partial charge on any atom is 0.306 e. The highest BCUT2D eigenvalue weighted by Crippen LogP contribution is 2.22. The molecule has 0 aromatic heterocycles. The summed E-state index contributed by atoms with van der Waals surface area (Å²) in [4.78, 5) is 12.8. The van der Waals surface area contributed by atoms with Crippen LogP contribution in [0.25, 0.3) is 0 Å². The van der Waals surface area contributed by atoms with Crippen LogP contribution in [0.4, 0.5) is 0 Å². The maximum atomic E-state index is 12.8. The number of rotatable bonds is 40. The van der Waals surface area contributed by atoms with E-state index in [1.165, 1.54) is 83.5 Å². The Bertz CT molecular complexity index is 1140. The van der Waals surface area contributed by atoms with E-state index >= 15 is 0 Å². The van der Waals surface area contributed by atoms with Gasteiger partial charge in [-0.25, -0.2) is 0 Å². The van der Waals surface area contributed by atoms with Crippen molar-refractivity contribution in [2.75, 3.05) is 26.4 Å². The van der Waals surface area contributed by atoms with Crippen LogP contribution in [0.3, 0.4) is 0 Å². The van der Waals surface area contributed by atoms with Gasteiger partial charge in [0.1, 0.15) is 30.5 Å². The van der Waals surface area contributed by atoms with Crippen molar-refractivity contribution in [1.29, 1.82) is 0 Å².